The number of thioether (sulfide) groups is 1. The van der Waals surface area contributed by atoms with E-state index in [9.17, 15) is 14.4 Å². The highest BCUT2D eigenvalue weighted by Gasteiger charge is 2.53. The number of carbonyl (C=O) groups is 3. The van der Waals surface area contributed by atoms with Gasteiger partial charge < -0.3 is 15.0 Å². The maximum absolute atomic E-state index is 12.5. The lowest BCUT2D eigenvalue weighted by molar-refractivity contribution is -0.160. The molecular formula is C18H19N3O4S. The van der Waals surface area contributed by atoms with Crippen molar-refractivity contribution < 1.29 is 19.1 Å². The van der Waals surface area contributed by atoms with Gasteiger partial charge in [-0.3, -0.25) is 9.59 Å². The molecule has 1 aromatic carbocycles. The predicted octanol–water partition coefficient (Wildman–Crippen LogP) is 1.88. The molecule has 26 heavy (non-hydrogen) atoms. The fourth-order valence-electron chi connectivity index (χ4n) is 3.21. The van der Waals surface area contributed by atoms with Crippen LogP contribution in [0.25, 0.3) is 0 Å². The number of nitriles is 1. The van der Waals surface area contributed by atoms with Crippen molar-refractivity contribution in [1.29, 1.82) is 5.26 Å². The molecule has 2 heterocycles. The van der Waals surface area contributed by atoms with Gasteiger partial charge in [-0.1, -0.05) is 6.07 Å². The molecule has 2 aliphatic heterocycles. The summed E-state index contributed by atoms with van der Waals surface area (Å²) in [6.07, 6.45) is 0.132. The Morgan fingerprint density at radius 1 is 1.50 bits per heavy atom. The first kappa shape index (κ1) is 18.3. The molecule has 3 rings (SSSR count). The number of hydrogen-bond acceptors (Lipinski definition) is 6. The smallest absolute Gasteiger partial charge is 0.330 e. The van der Waals surface area contributed by atoms with Crippen LogP contribution in [0.1, 0.15) is 32.3 Å². The van der Waals surface area contributed by atoms with Gasteiger partial charge in [-0.05, 0) is 38.5 Å². The second-order valence-corrected chi connectivity index (χ2v) is 8.03. The Morgan fingerprint density at radius 3 is 3.00 bits per heavy atom. The van der Waals surface area contributed by atoms with Gasteiger partial charge in [0.2, 0.25) is 5.91 Å². The summed E-state index contributed by atoms with van der Waals surface area (Å²) in [4.78, 5) is 38.1. The lowest BCUT2D eigenvalue weighted by atomic mass is 10.2. The van der Waals surface area contributed by atoms with Gasteiger partial charge in [0, 0.05) is 17.9 Å². The number of benzene rings is 1. The third-order valence-corrected chi connectivity index (χ3v) is 6.14. The number of carbonyl (C=O) groups excluding carboxylic acids is 3. The molecule has 7 nitrogen and oxygen atoms in total. The number of anilines is 1. The van der Waals surface area contributed by atoms with Crippen molar-refractivity contribution in [3.8, 4) is 6.07 Å². The Kier molecular flexibility index (Phi) is 4.92. The van der Waals surface area contributed by atoms with Gasteiger partial charge in [0.1, 0.15) is 6.04 Å². The van der Waals surface area contributed by atoms with Crippen molar-refractivity contribution in [2.45, 2.75) is 43.7 Å². The van der Waals surface area contributed by atoms with E-state index in [0.717, 1.165) is 0 Å². The Labute approximate surface area is 155 Å². The zero-order valence-electron chi connectivity index (χ0n) is 14.5. The molecule has 136 valence electrons. The van der Waals surface area contributed by atoms with Crippen LogP contribution in [0.4, 0.5) is 5.69 Å². The Bertz CT molecular complexity index is 806. The van der Waals surface area contributed by atoms with Gasteiger partial charge in [-0.25, -0.2) is 4.79 Å². The standard InChI is InChI=1S/C18H19N3O4S/c1-11(16(23)20-13-5-3-4-12(8-13)9-19)25-17(24)14-10-26-18(2)7-6-15(22)21(14)18/h3-5,8,11,14H,6-7,10H2,1-2H3,(H,20,23)/t11-,14-,18-/m0/s1. The average molecular weight is 373 g/mol. The van der Waals surface area contributed by atoms with Crippen molar-refractivity contribution in [3.63, 3.8) is 0 Å². The molecule has 2 amide bonds. The molecule has 0 unspecified atom stereocenters. The van der Waals surface area contributed by atoms with E-state index in [4.69, 9.17) is 10.00 Å². The van der Waals surface area contributed by atoms with Crippen molar-refractivity contribution in [3.05, 3.63) is 29.8 Å². The lowest BCUT2D eigenvalue weighted by Crippen LogP contribution is -2.48. The quantitative estimate of drug-likeness (QED) is 0.809. The fourth-order valence-corrected chi connectivity index (χ4v) is 4.63. The number of fused-ring (bicyclic) bond motifs is 1. The summed E-state index contributed by atoms with van der Waals surface area (Å²) in [5, 5.41) is 11.5. The summed E-state index contributed by atoms with van der Waals surface area (Å²) in [5.74, 6) is -0.635. The Hall–Kier alpha value is -2.53. The van der Waals surface area contributed by atoms with Crippen LogP contribution in [-0.4, -0.2) is 45.5 Å². The minimum Gasteiger partial charge on any atom is -0.451 e. The molecule has 2 aliphatic rings. The number of nitrogens with zero attached hydrogens (tertiary/aromatic N) is 2. The van der Waals surface area contributed by atoms with E-state index in [2.05, 4.69) is 5.32 Å². The topological polar surface area (TPSA) is 99.5 Å². The summed E-state index contributed by atoms with van der Waals surface area (Å²) in [5.41, 5.74) is 0.873. The highest BCUT2D eigenvalue weighted by molar-refractivity contribution is 8.01. The first-order valence-corrected chi connectivity index (χ1v) is 9.30. The van der Waals surface area contributed by atoms with Gasteiger partial charge in [0.15, 0.2) is 6.10 Å². The number of rotatable bonds is 4. The average Bonchev–Trinajstić information content (AvgIpc) is 3.11. The molecule has 2 saturated heterocycles. The van der Waals surface area contributed by atoms with Crippen LogP contribution >= 0.6 is 11.8 Å². The zero-order valence-corrected chi connectivity index (χ0v) is 15.3. The number of hydrogen-bond donors (Lipinski definition) is 1. The summed E-state index contributed by atoms with van der Waals surface area (Å²) in [6, 6.07) is 7.80. The van der Waals surface area contributed by atoms with Crippen molar-refractivity contribution in [2.24, 2.45) is 0 Å². The molecule has 1 aromatic rings. The summed E-state index contributed by atoms with van der Waals surface area (Å²) < 4.78 is 5.30. The lowest BCUT2D eigenvalue weighted by Gasteiger charge is -2.29. The second-order valence-electron chi connectivity index (χ2n) is 6.53. The second kappa shape index (κ2) is 7.00. The Balaban J connectivity index is 1.61. The molecule has 0 spiro atoms. The van der Waals surface area contributed by atoms with Crippen LogP contribution in [0.15, 0.2) is 24.3 Å². The summed E-state index contributed by atoms with van der Waals surface area (Å²) >= 11 is 1.57. The number of esters is 1. The largest absolute Gasteiger partial charge is 0.451 e. The van der Waals surface area contributed by atoms with E-state index in [-0.39, 0.29) is 10.8 Å². The van der Waals surface area contributed by atoms with E-state index in [1.807, 2.05) is 13.0 Å². The summed E-state index contributed by atoms with van der Waals surface area (Å²) in [6.45, 7) is 3.43. The number of ether oxygens (including phenoxy) is 1. The third kappa shape index (κ3) is 3.40. The normalized spacial score (nSPS) is 25.3. The van der Waals surface area contributed by atoms with Gasteiger partial charge in [-0.2, -0.15) is 5.26 Å². The van der Waals surface area contributed by atoms with Gasteiger partial charge in [-0.15, -0.1) is 11.8 Å². The maximum Gasteiger partial charge on any atom is 0.330 e. The molecule has 1 N–H and O–H groups in total. The van der Waals surface area contributed by atoms with Crippen LogP contribution in [0.2, 0.25) is 0 Å². The number of amides is 2. The Morgan fingerprint density at radius 2 is 2.27 bits per heavy atom. The first-order valence-electron chi connectivity index (χ1n) is 8.32. The molecule has 0 radical (unpaired) electrons. The highest BCUT2D eigenvalue weighted by Crippen LogP contribution is 2.47. The first-order chi connectivity index (χ1) is 12.3. The highest BCUT2D eigenvalue weighted by atomic mass is 32.2. The van der Waals surface area contributed by atoms with E-state index < -0.39 is 24.0 Å². The van der Waals surface area contributed by atoms with Gasteiger partial charge >= 0.3 is 5.97 Å². The van der Waals surface area contributed by atoms with Gasteiger partial charge in [0.05, 0.1) is 16.5 Å². The molecule has 8 heteroatoms. The fraction of sp³-hybridized carbons (Fsp3) is 0.444. The van der Waals surface area contributed by atoms with E-state index >= 15 is 0 Å². The minimum absolute atomic E-state index is 0.0510. The molecular weight excluding hydrogens is 354 g/mol. The van der Waals surface area contributed by atoms with E-state index in [1.165, 1.54) is 13.0 Å². The van der Waals surface area contributed by atoms with Crippen molar-refractivity contribution in [2.75, 3.05) is 11.1 Å². The molecule has 2 fully saturated rings. The molecule has 0 aromatic heterocycles. The monoisotopic (exact) mass is 373 g/mol. The van der Waals surface area contributed by atoms with Crippen LogP contribution in [-0.2, 0) is 19.1 Å². The molecule has 0 aliphatic carbocycles. The summed E-state index contributed by atoms with van der Waals surface area (Å²) in [7, 11) is 0. The maximum atomic E-state index is 12.5. The van der Waals surface area contributed by atoms with Crippen LogP contribution in [0, 0.1) is 11.3 Å². The number of nitrogens with one attached hydrogen (secondary N) is 1. The molecule has 3 atom stereocenters. The van der Waals surface area contributed by atoms with Crippen molar-refractivity contribution in [1.82, 2.24) is 4.90 Å². The van der Waals surface area contributed by atoms with E-state index in [1.54, 1.807) is 34.9 Å². The molecule has 0 bridgehead atoms. The third-order valence-electron chi connectivity index (χ3n) is 4.64. The van der Waals surface area contributed by atoms with Crippen LogP contribution in [0.5, 0.6) is 0 Å². The predicted molar refractivity (Wildman–Crippen MR) is 96.1 cm³/mol. The van der Waals surface area contributed by atoms with Crippen molar-refractivity contribution >= 4 is 35.2 Å². The van der Waals surface area contributed by atoms with E-state index in [0.29, 0.717) is 29.8 Å². The van der Waals surface area contributed by atoms with Gasteiger partial charge in [0.25, 0.3) is 5.91 Å². The minimum atomic E-state index is -1.01. The molecule has 0 saturated carbocycles. The van der Waals surface area contributed by atoms with Crippen LogP contribution in [0.3, 0.4) is 0 Å². The zero-order chi connectivity index (χ0) is 18.9. The SMILES string of the molecule is C[C@H](OC(=O)[C@@H]1CS[C@@]2(C)CCC(=O)N12)C(=O)Nc1cccc(C#N)c1. The van der Waals surface area contributed by atoms with Crippen LogP contribution < -0.4 is 5.32 Å².